The van der Waals surface area contributed by atoms with Crippen molar-refractivity contribution >= 4 is 26.8 Å². The molecular formula is C22H31N3O6S. The van der Waals surface area contributed by atoms with E-state index in [1.807, 2.05) is 13.8 Å². The molecule has 0 spiro atoms. The number of piperidine rings is 1. The molecule has 9 nitrogen and oxygen atoms in total. The molecule has 1 aliphatic heterocycles. The summed E-state index contributed by atoms with van der Waals surface area (Å²) in [5, 5.41) is 2.79. The highest BCUT2D eigenvalue weighted by atomic mass is 32.2. The van der Waals surface area contributed by atoms with Crippen LogP contribution < -0.4 is 10.7 Å². The third kappa shape index (κ3) is 4.88. The topological polar surface area (TPSA) is 107 Å². The van der Waals surface area contributed by atoms with Gasteiger partial charge >= 0.3 is 0 Å². The fraction of sp³-hybridized carbons (Fsp3) is 0.545. The van der Waals surface area contributed by atoms with Gasteiger partial charge in [0.1, 0.15) is 5.56 Å². The highest BCUT2D eigenvalue weighted by Gasteiger charge is 2.32. The summed E-state index contributed by atoms with van der Waals surface area (Å²) in [6, 6.07) is 4.50. The van der Waals surface area contributed by atoms with Gasteiger partial charge in [-0.15, -0.1) is 0 Å². The number of hydrogen-bond acceptors (Lipinski definition) is 6. The third-order valence-corrected chi connectivity index (χ3v) is 7.66. The fourth-order valence-corrected chi connectivity index (χ4v) is 5.99. The van der Waals surface area contributed by atoms with Crippen molar-refractivity contribution < 1.29 is 22.7 Å². The molecule has 0 radical (unpaired) electrons. The number of ether oxygens (including phenoxy) is 2. The Bertz CT molecular complexity index is 1150. The minimum atomic E-state index is -3.76. The van der Waals surface area contributed by atoms with Gasteiger partial charge in [-0.2, -0.15) is 4.31 Å². The number of rotatable bonds is 7. The number of benzene rings is 1. The Hall–Kier alpha value is -2.27. The van der Waals surface area contributed by atoms with Crippen molar-refractivity contribution in [2.75, 3.05) is 33.9 Å². The van der Waals surface area contributed by atoms with Crippen LogP contribution in [0.5, 0.6) is 0 Å². The first-order chi connectivity index (χ1) is 15.1. The molecule has 1 aliphatic rings. The molecule has 1 saturated heterocycles. The lowest BCUT2D eigenvalue weighted by Gasteiger charge is -2.34. The summed E-state index contributed by atoms with van der Waals surface area (Å²) in [5.41, 5.74) is -0.0716. The van der Waals surface area contributed by atoms with E-state index in [2.05, 4.69) is 5.32 Å². The number of sulfonamides is 1. The zero-order chi connectivity index (χ0) is 23.6. The number of pyridine rings is 1. The Kier molecular flexibility index (Phi) is 7.39. The van der Waals surface area contributed by atoms with Gasteiger partial charge in [0.05, 0.1) is 17.0 Å². The molecule has 2 atom stereocenters. The first-order valence-electron chi connectivity index (χ1n) is 10.6. The highest BCUT2D eigenvalue weighted by Crippen LogP contribution is 2.27. The maximum atomic E-state index is 13.3. The lowest BCUT2D eigenvalue weighted by atomic mass is 9.94. The fourth-order valence-electron chi connectivity index (χ4n) is 4.28. The molecule has 176 valence electrons. The van der Waals surface area contributed by atoms with Crippen LogP contribution >= 0.6 is 0 Å². The predicted octanol–water partition coefficient (Wildman–Crippen LogP) is 1.55. The second kappa shape index (κ2) is 9.70. The monoisotopic (exact) mass is 465 g/mol. The number of carbonyl (C=O) groups excluding carboxylic acids is 1. The third-order valence-electron chi connectivity index (χ3n) is 5.83. The van der Waals surface area contributed by atoms with Gasteiger partial charge in [0, 0.05) is 45.9 Å². The van der Waals surface area contributed by atoms with E-state index < -0.39 is 27.6 Å². The minimum absolute atomic E-state index is 0.0554. The average Bonchev–Trinajstić information content (AvgIpc) is 2.75. The largest absolute Gasteiger partial charge is 0.354 e. The van der Waals surface area contributed by atoms with Gasteiger partial charge in [0.25, 0.3) is 5.91 Å². The van der Waals surface area contributed by atoms with E-state index in [-0.39, 0.29) is 34.2 Å². The van der Waals surface area contributed by atoms with Crippen LogP contribution in [0.25, 0.3) is 10.9 Å². The van der Waals surface area contributed by atoms with E-state index in [9.17, 15) is 18.0 Å². The molecule has 2 aromatic rings. The lowest BCUT2D eigenvalue weighted by molar-refractivity contribution is -0.0974. The van der Waals surface area contributed by atoms with Crippen LogP contribution in [0.15, 0.2) is 34.1 Å². The van der Waals surface area contributed by atoms with Crippen LogP contribution in [-0.2, 0) is 26.5 Å². The molecule has 0 aliphatic carbocycles. The van der Waals surface area contributed by atoms with Crippen LogP contribution in [-0.4, -0.2) is 63.3 Å². The highest BCUT2D eigenvalue weighted by molar-refractivity contribution is 7.89. The van der Waals surface area contributed by atoms with Crippen LogP contribution in [0.4, 0.5) is 0 Å². The number of aromatic nitrogens is 1. The van der Waals surface area contributed by atoms with Crippen LogP contribution in [0.3, 0.4) is 0 Å². The summed E-state index contributed by atoms with van der Waals surface area (Å²) in [6.45, 7) is 5.04. The molecule has 1 aromatic heterocycles. The second-order valence-corrected chi connectivity index (χ2v) is 10.5. The zero-order valence-electron chi connectivity index (χ0n) is 19.1. The number of amides is 1. The van der Waals surface area contributed by atoms with Gasteiger partial charge < -0.3 is 19.4 Å². The summed E-state index contributed by atoms with van der Waals surface area (Å²) >= 11 is 0. The first kappa shape index (κ1) is 24.4. The summed E-state index contributed by atoms with van der Waals surface area (Å²) in [5.74, 6) is -0.0566. The van der Waals surface area contributed by atoms with Gasteiger partial charge in [0.15, 0.2) is 6.29 Å². The molecule has 0 saturated carbocycles. The number of nitrogens with zero attached hydrogens (tertiary/aromatic N) is 2. The van der Waals surface area contributed by atoms with Gasteiger partial charge in [0.2, 0.25) is 15.5 Å². The van der Waals surface area contributed by atoms with E-state index in [1.165, 1.54) is 36.9 Å². The van der Waals surface area contributed by atoms with Crippen molar-refractivity contribution in [3.8, 4) is 0 Å². The Balaban J connectivity index is 2.00. The molecule has 0 bridgehead atoms. The Morgan fingerprint density at radius 2 is 1.81 bits per heavy atom. The van der Waals surface area contributed by atoms with Gasteiger partial charge in [-0.1, -0.05) is 13.8 Å². The van der Waals surface area contributed by atoms with Crippen molar-refractivity contribution in [2.45, 2.75) is 31.5 Å². The minimum Gasteiger partial charge on any atom is -0.354 e. The van der Waals surface area contributed by atoms with E-state index in [0.717, 1.165) is 6.42 Å². The molecule has 10 heteroatoms. The number of nitrogens with one attached hydrogen (secondary N) is 1. The molecule has 1 fully saturated rings. The SMILES string of the molecule is COC(CNC(=O)c1cn(C)c2ccc(S(=O)(=O)N3C[C@H](C)C[C@@H](C)C3)cc2c1=O)OC. The van der Waals surface area contributed by atoms with Crippen LogP contribution in [0.2, 0.25) is 0 Å². The molecule has 0 unspecified atom stereocenters. The van der Waals surface area contributed by atoms with Crippen molar-refractivity contribution in [2.24, 2.45) is 18.9 Å². The van der Waals surface area contributed by atoms with E-state index in [1.54, 1.807) is 17.7 Å². The molecule has 3 rings (SSSR count). The normalized spacial score (nSPS) is 20.1. The molecule has 32 heavy (non-hydrogen) atoms. The van der Waals surface area contributed by atoms with E-state index in [4.69, 9.17) is 9.47 Å². The Labute approximate surface area is 188 Å². The van der Waals surface area contributed by atoms with Crippen molar-refractivity contribution in [3.63, 3.8) is 0 Å². The standard InChI is InChI=1S/C22H31N3O6S/c1-14-8-15(2)12-25(11-14)32(28,29)16-6-7-19-17(9-16)21(26)18(13-24(19)3)22(27)23-10-20(30-4)31-5/h6-7,9,13-15,20H,8,10-12H2,1-5H3,(H,23,27)/t14-,15-/m1/s1. The number of hydrogen-bond donors (Lipinski definition) is 1. The zero-order valence-corrected chi connectivity index (χ0v) is 19.9. The Morgan fingerprint density at radius 3 is 2.41 bits per heavy atom. The van der Waals surface area contributed by atoms with E-state index in [0.29, 0.717) is 18.6 Å². The number of methoxy groups -OCH3 is 2. The average molecular weight is 466 g/mol. The second-order valence-electron chi connectivity index (χ2n) is 8.54. The molecule has 2 heterocycles. The van der Waals surface area contributed by atoms with Gasteiger partial charge in [-0.05, 0) is 36.5 Å². The predicted molar refractivity (Wildman–Crippen MR) is 121 cm³/mol. The van der Waals surface area contributed by atoms with Crippen molar-refractivity contribution in [1.82, 2.24) is 14.2 Å². The summed E-state index contributed by atoms with van der Waals surface area (Å²) in [4.78, 5) is 25.8. The molecule has 1 aromatic carbocycles. The van der Waals surface area contributed by atoms with Gasteiger partial charge in [-0.3, -0.25) is 9.59 Å². The lowest BCUT2D eigenvalue weighted by Crippen LogP contribution is -2.42. The quantitative estimate of drug-likeness (QED) is 0.622. The summed E-state index contributed by atoms with van der Waals surface area (Å²) in [7, 11) is 0.835. The van der Waals surface area contributed by atoms with Crippen LogP contribution in [0, 0.1) is 11.8 Å². The summed E-state index contributed by atoms with van der Waals surface area (Å²) < 4.78 is 39.8. The Morgan fingerprint density at radius 1 is 1.19 bits per heavy atom. The van der Waals surface area contributed by atoms with Crippen molar-refractivity contribution in [1.29, 1.82) is 0 Å². The molecule has 1 amide bonds. The summed E-state index contributed by atoms with van der Waals surface area (Å²) in [6.07, 6.45) is 1.78. The van der Waals surface area contributed by atoms with E-state index >= 15 is 0 Å². The number of fused-ring (bicyclic) bond motifs is 1. The smallest absolute Gasteiger partial charge is 0.256 e. The molecular weight excluding hydrogens is 434 g/mol. The number of carbonyl (C=O) groups is 1. The van der Waals surface area contributed by atoms with Crippen LogP contribution in [0.1, 0.15) is 30.6 Å². The maximum absolute atomic E-state index is 13.3. The molecule has 1 N–H and O–H groups in total. The van der Waals surface area contributed by atoms with Crippen molar-refractivity contribution in [3.05, 3.63) is 40.2 Å². The van der Waals surface area contributed by atoms with Gasteiger partial charge in [-0.25, -0.2) is 8.42 Å². The number of aryl methyl sites for hydroxylation is 1. The first-order valence-corrected chi connectivity index (χ1v) is 12.0. The maximum Gasteiger partial charge on any atom is 0.256 e.